The molecule has 1 aromatic carbocycles. The minimum Gasteiger partial charge on any atom is -0.488 e. The Hall–Kier alpha value is -1.88. The van der Waals surface area contributed by atoms with Crippen molar-refractivity contribution < 1.29 is 13.9 Å². The van der Waals surface area contributed by atoms with Crippen LogP contribution < -0.4 is 10.5 Å². The average molecular weight is 262 g/mol. The molecule has 0 spiro atoms. The van der Waals surface area contributed by atoms with E-state index >= 15 is 0 Å². The van der Waals surface area contributed by atoms with Gasteiger partial charge >= 0.3 is 0 Å². The summed E-state index contributed by atoms with van der Waals surface area (Å²) in [6.07, 6.45) is 2.55. The van der Waals surface area contributed by atoms with Crippen molar-refractivity contribution in [2.75, 3.05) is 25.6 Å². The second-order valence-electron chi connectivity index (χ2n) is 4.72. The van der Waals surface area contributed by atoms with Crippen molar-refractivity contribution in [2.45, 2.75) is 6.42 Å². The van der Waals surface area contributed by atoms with Gasteiger partial charge in [0, 0.05) is 35.9 Å². The Morgan fingerprint density at radius 3 is 3.21 bits per heavy atom. The van der Waals surface area contributed by atoms with Crippen LogP contribution in [0.1, 0.15) is 6.42 Å². The molecule has 2 aromatic rings. The van der Waals surface area contributed by atoms with E-state index in [-0.39, 0.29) is 5.75 Å². The summed E-state index contributed by atoms with van der Waals surface area (Å²) in [7, 11) is 0. The maximum Gasteiger partial charge on any atom is 0.181 e. The third-order valence-electron chi connectivity index (χ3n) is 3.32. The lowest BCUT2D eigenvalue weighted by atomic mass is 10.1. The smallest absolute Gasteiger partial charge is 0.181 e. The second kappa shape index (κ2) is 5.01. The Kier molecular flexibility index (Phi) is 3.21. The minimum atomic E-state index is -0.470. The number of anilines is 1. The van der Waals surface area contributed by atoms with Crippen molar-refractivity contribution in [3.8, 4) is 5.75 Å². The van der Waals surface area contributed by atoms with Gasteiger partial charge in [0.2, 0.25) is 0 Å². The van der Waals surface area contributed by atoms with Gasteiger partial charge in [-0.15, -0.1) is 0 Å². The average Bonchev–Trinajstić information content (AvgIpc) is 2.92. The van der Waals surface area contributed by atoms with Gasteiger partial charge < -0.3 is 15.2 Å². The van der Waals surface area contributed by atoms with Crippen molar-refractivity contribution in [2.24, 2.45) is 5.92 Å². The number of ether oxygens (including phenoxy) is 2. The quantitative estimate of drug-likeness (QED) is 0.863. The van der Waals surface area contributed by atoms with Gasteiger partial charge in [-0.25, -0.2) is 4.39 Å². The largest absolute Gasteiger partial charge is 0.488 e. The maximum absolute atomic E-state index is 14.0. The summed E-state index contributed by atoms with van der Waals surface area (Å²) in [6, 6.07) is 4.86. The van der Waals surface area contributed by atoms with E-state index < -0.39 is 5.82 Å². The van der Waals surface area contributed by atoms with E-state index in [0.29, 0.717) is 35.7 Å². The van der Waals surface area contributed by atoms with Crippen molar-refractivity contribution in [3.63, 3.8) is 0 Å². The predicted molar refractivity (Wildman–Crippen MR) is 70.5 cm³/mol. The van der Waals surface area contributed by atoms with Crippen molar-refractivity contribution in [1.82, 2.24) is 4.98 Å². The summed E-state index contributed by atoms with van der Waals surface area (Å²) in [5, 5.41) is 0.710. The molecule has 1 aromatic heterocycles. The maximum atomic E-state index is 14.0. The van der Waals surface area contributed by atoms with Crippen LogP contribution in [0, 0.1) is 11.7 Å². The van der Waals surface area contributed by atoms with Crippen molar-refractivity contribution in [1.29, 1.82) is 0 Å². The van der Waals surface area contributed by atoms with E-state index in [2.05, 4.69) is 4.98 Å². The molecular weight excluding hydrogens is 247 g/mol. The van der Waals surface area contributed by atoms with Crippen LogP contribution in [0.2, 0.25) is 0 Å². The molecule has 1 saturated heterocycles. The zero-order valence-corrected chi connectivity index (χ0v) is 10.4. The summed E-state index contributed by atoms with van der Waals surface area (Å²) in [5.74, 6) is 0.0232. The Labute approximate surface area is 110 Å². The summed E-state index contributed by atoms with van der Waals surface area (Å²) in [4.78, 5) is 4.17. The van der Waals surface area contributed by atoms with Gasteiger partial charge in [0.25, 0.3) is 0 Å². The molecule has 1 atom stereocenters. The molecule has 1 aliphatic heterocycles. The number of nitrogen functional groups attached to an aromatic ring is 1. The topological polar surface area (TPSA) is 57.4 Å². The standard InChI is InChI=1S/C14H15FN2O2/c15-11-6-12(16)10-2-1-4-17-13(10)14(11)19-8-9-3-5-18-7-9/h1-2,4,6,9H,3,5,7-8,16H2. The van der Waals surface area contributed by atoms with Gasteiger partial charge in [0.15, 0.2) is 11.6 Å². The van der Waals surface area contributed by atoms with Gasteiger partial charge in [-0.2, -0.15) is 0 Å². The molecule has 0 bridgehead atoms. The predicted octanol–water partition coefficient (Wildman–Crippen LogP) is 2.37. The Balaban J connectivity index is 1.93. The van der Waals surface area contributed by atoms with Crippen LogP contribution in [0.25, 0.3) is 10.9 Å². The highest BCUT2D eigenvalue weighted by molar-refractivity contribution is 5.94. The fraction of sp³-hybridized carbons (Fsp3) is 0.357. The first kappa shape index (κ1) is 12.2. The van der Waals surface area contributed by atoms with E-state index in [1.54, 1.807) is 12.3 Å². The summed E-state index contributed by atoms with van der Waals surface area (Å²) in [5.41, 5.74) is 6.63. The van der Waals surface area contributed by atoms with Crippen LogP contribution in [0.4, 0.5) is 10.1 Å². The molecule has 0 radical (unpaired) electrons. The molecular formula is C14H15FN2O2. The lowest BCUT2D eigenvalue weighted by Crippen LogP contribution is -2.13. The molecule has 2 N–H and O–H groups in total. The van der Waals surface area contributed by atoms with Crippen molar-refractivity contribution in [3.05, 3.63) is 30.2 Å². The van der Waals surface area contributed by atoms with E-state index in [1.807, 2.05) is 6.07 Å². The lowest BCUT2D eigenvalue weighted by Gasteiger charge is -2.13. The van der Waals surface area contributed by atoms with Crippen LogP contribution in [-0.4, -0.2) is 24.8 Å². The molecule has 3 rings (SSSR count). The number of hydrogen-bond donors (Lipinski definition) is 1. The van der Waals surface area contributed by atoms with Crippen molar-refractivity contribution >= 4 is 16.6 Å². The van der Waals surface area contributed by atoms with E-state index in [0.717, 1.165) is 13.0 Å². The third kappa shape index (κ3) is 2.33. The molecule has 1 fully saturated rings. The first-order valence-corrected chi connectivity index (χ1v) is 6.29. The fourth-order valence-corrected chi connectivity index (χ4v) is 2.27. The van der Waals surface area contributed by atoms with Gasteiger partial charge in [-0.3, -0.25) is 4.98 Å². The molecule has 0 aliphatic carbocycles. The Morgan fingerprint density at radius 2 is 2.42 bits per heavy atom. The second-order valence-corrected chi connectivity index (χ2v) is 4.72. The first-order chi connectivity index (χ1) is 9.25. The molecule has 5 heteroatoms. The minimum absolute atomic E-state index is 0.178. The number of nitrogens with two attached hydrogens (primary N) is 1. The first-order valence-electron chi connectivity index (χ1n) is 6.29. The highest BCUT2D eigenvalue weighted by Gasteiger charge is 2.19. The number of nitrogens with zero attached hydrogens (tertiary/aromatic N) is 1. The van der Waals surface area contributed by atoms with Crippen LogP contribution in [0.5, 0.6) is 5.75 Å². The van der Waals surface area contributed by atoms with E-state index in [4.69, 9.17) is 15.2 Å². The highest BCUT2D eigenvalue weighted by Crippen LogP contribution is 2.32. The van der Waals surface area contributed by atoms with E-state index in [1.165, 1.54) is 6.07 Å². The molecule has 1 aliphatic rings. The highest BCUT2D eigenvalue weighted by atomic mass is 19.1. The lowest BCUT2D eigenvalue weighted by molar-refractivity contribution is 0.166. The molecule has 19 heavy (non-hydrogen) atoms. The summed E-state index contributed by atoms with van der Waals surface area (Å²) in [6.45, 7) is 1.85. The number of rotatable bonds is 3. The van der Waals surface area contributed by atoms with Crippen LogP contribution in [-0.2, 0) is 4.74 Å². The molecule has 0 saturated carbocycles. The van der Waals surface area contributed by atoms with Gasteiger partial charge in [0.05, 0.1) is 13.2 Å². The number of hydrogen-bond acceptors (Lipinski definition) is 4. The van der Waals surface area contributed by atoms with Crippen LogP contribution in [0.3, 0.4) is 0 Å². The van der Waals surface area contributed by atoms with Gasteiger partial charge in [0.1, 0.15) is 5.52 Å². The summed E-state index contributed by atoms with van der Waals surface area (Å²) < 4.78 is 24.9. The zero-order chi connectivity index (χ0) is 13.2. The monoisotopic (exact) mass is 262 g/mol. The fourth-order valence-electron chi connectivity index (χ4n) is 2.27. The zero-order valence-electron chi connectivity index (χ0n) is 10.4. The number of benzene rings is 1. The van der Waals surface area contributed by atoms with Crippen LogP contribution in [0.15, 0.2) is 24.4 Å². The third-order valence-corrected chi connectivity index (χ3v) is 3.32. The Morgan fingerprint density at radius 1 is 1.53 bits per heavy atom. The summed E-state index contributed by atoms with van der Waals surface area (Å²) >= 11 is 0. The van der Waals surface area contributed by atoms with E-state index in [9.17, 15) is 4.39 Å². The van der Waals surface area contributed by atoms with Gasteiger partial charge in [-0.05, 0) is 18.6 Å². The molecule has 4 nitrogen and oxygen atoms in total. The number of fused-ring (bicyclic) bond motifs is 1. The molecule has 2 heterocycles. The number of pyridine rings is 1. The number of halogens is 1. The van der Waals surface area contributed by atoms with Gasteiger partial charge in [-0.1, -0.05) is 0 Å². The molecule has 1 unspecified atom stereocenters. The molecule has 100 valence electrons. The number of aromatic nitrogens is 1. The normalized spacial score (nSPS) is 18.9. The van der Waals surface area contributed by atoms with Crippen LogP contribution >= 0.6 is 0 Å². The SMILES string of the molecule is Nc1cc(F)c(OCC2CCOC2)c2ncccc12. The Bertz CT molecular complexity index is 597. The molecule has 0 amide bonds.